The fourth-order valence-electron chi connectivity index (χ4n) is 2.59. The summed E-state index contributed by atoms with van der Waals surface area (Å²) < 4.78 is 27.8. The zero-order valence-corrected chi connectivity index (χ0v) is 10.1. The quantitative estimate of drug-likeness (QED) is 0.880. The normalized spacial score (nSPS) is 17.9. The van der Waals surface area contributed by atoms with Gasteiger partial charge in [0, 0.05) is 12.1 Å². The molecule has 0 atom stereocenters. The number of rotatable bonds is 4. The van der Waals surface area contributed by atoms with Gasteiger partial charge >= 0.3 is 0 Å². The zero-order valence-electron chi connectivity index (χ0n) is 10.1. The first kappa shape index (κ1) is 12.5. The lowest BCUT2D eigenvalue weighted by atomic mass is 9.95. The van der Waals surface area contributed by atoms with Crippen molar-refractivity contribution < 1.29 is 8.78 Å². The van der Waals surface area contributed by atoms with Crippen LogP contribution in [-0.2, 0) is 6.54 Å². The van der Waals surface area contributed by atoms with Crippen molar-refractivity contribution in [1.29, 1.82) is 0 Å². The van der Waals surface area contributed by atoms with Crippen LogP contribution in [0.1, 0.15) is 55.8 Å². The molecular formula is C12H19F2N3. The summed E-state index contributed by atoms with van der Waals surface area (Å²) in [5.41, 5.74) is 0.722. The Morgan fingerprint density at radius 3 is 2.71 bits per heavy atom. The lowest BCUT2D eigenvalue weighted by Crippen LogP contribution is -2.18. The molecule has 17 heavy (non-hydrogen) atoms. The summed E-state index contributed by atoms with van der Waals surface area (Å²) in [6.07, 6.45) is 4.53. The van der Waals surface area contributed by atoms with Gasteiger partial charge in [0.15, 0.2) is 0 Å². The third-order valence-corrected chi connectivity index (χ3v) is 3.41. The third-order valence-electron chi connectivity index (χ3n) is 3.41. The van der Waals surface area contributed by atoms with E-state index in [2.05, 4.69) is 10.4 Å². The highest BCUT2D eigenvalue weighted by molar-refractivity contribution is 5.19. The molecule has 3 nitrogen and oxygen atoms in total. The first-order chi connectivity index (χ1) is 8.24. The molecule has 1 saturated carbocycles. The van der Waals surface area contributed by atoms with Crippen molar-refractivity contribution in [2.24, 2.45) is 0 Å². The van der Waals surface area contributed by atoms with E-state index in [0.717, 1.165) is 25.7 Å². The molecule has 1 aromatic heterocycles. The van der Waals surface area contributed by atoms with E-state index >= 15 is 0 Å². The topological polar surface area (TPSA) is 29.9 Å². The van der Waals surface area contributed by atoms with Gasteiger partial charge in [-0.25, -0.2) is 8.78 Å². The van der Waals surface area contributed by atoms with Crippen molar-refractivity contribution in [2.45, 2.75) is 51.1 Å². The molecule has 1 aliphatic carbocycles. The summed E-state index contributed by atoms with van der Waals surface area (Å²) in [7, 11) is 1.76. The minimum atomic E-state index is -2.44. The fraction of sp³-hybridized carbons (Fsp3) is 0.750. The number of hydrogen-bond acceptors (Lipinski definition) is 2. The number of nitrogens with zero attached hydrogens (tertiary/aromatic N) is 2. The summed E-state index contributed by atoms with van der Waals surface area (Å²) in [6.45, 7) is 0.451. The highest BCUT2D eigenvalue weighted by Crippen LogP contribution is 2.32. The monoisotopic (exact) mass is 243 g/mol. The van der Waals surface area contributed by atoms with Crippen LogP contribution in [0.3, 0.4) is 0 Å². The SMILES string of the molecule is CNCc1cnn(C2CCCCC2)c1C(F)F. The molecule has 0 unspecified atom stereocenters. The molecule has 0 bridgehead atoms. The van der Waals surface area contributed by atoms with Gasteiger partial charge in [-0.05, 0) is 19.9 Å². The number of nitrogens with one attached hydrogen (secondary N) is 1. The summed E-state index contributed by atoms with van der Waals surface area (Å²) in [4.78, 5) is 0. The Bertz CT molecular complexity index is 357. The number of hydrogen-bond donors (Lipinski definition) is 1. The van der Waals surface area contributed by atoms with Crippen molar-refractivity contribution >= 4 is 0 Å². The first-order valence-electron chi connectivity index (χ1n) is 6.23. The van der Waals surface area contributed by atoms with Gasteiger partial charge < -0.3 is 5.32 Å². The second-order valence-corrected chi connectivity index (χ2v) is 4.62. The standard InChI is InChI=1S/C12H19F2N3/c1-15-7-9-8-16-17(11(9)12(13)14)10-5-3-2-4-6-10/h8,10,12,15H,2-7H2,1H3. The fourth-order valence-corrected chi connectivity index (χ4v) is 2.59. The highest BCUT2D eigenvalue weighted by Gasteiger charge is 2.25. The molecule has 5 heteroatoms. The Labute approximate surface area is 100 Å². The van der Waals surface area contributed by atoms with Gasteiger partial charge in [0.2, 0.25) is 0 Å². The highest BCUT2D eigenvalue weighted by atomic mass is 19.3. The second-order valence-electron chi connectivity index (χ2n) is 4.62. The molecule has 0 spiro atoms. The predicted octanol–water partition coefficient (Wildman–Crippen LogP) is 3.05. The van der Waals surface area contributed by atoms with E-state index in [1.807, 2.05) is 0 Å². The van der Waals surface area contributed by atoms with Gasteiger partial charge in [-0.2, -0.15) is 5.10 Å². The van der Waals surface area contributed by atoms with Gasteiger partial charge in [0.25, 0.3) is 6.43 Å². The van der Waals surface area contributed by atoms with Gasteiger partial charge in [0.1, 0.15) is 5.69 Å². The van der Waals surface area contributed by atoms with E-state index in [1.54, 1.807) is 17.9 Å². The molecule has 96 valence electrons. The van der Waals surface area contributed by atoms with Crippen molar-refractivity contribution in [3.63, 3.8) is 0 Å². The second kappa shape index (κ2) is 5.58. The van der Waals surface area contributed by atoms with Crippen LogP contribution in [-0.4, -0.2) is 16.8 Å². The van der Waals surface area contributed by atoms with E-state index in [9.17, 15) is 8.78 Å². The van der Waals surface area contributed by atoms with Gasteiger partial charge in [-0.15, -0.1) is 0 Å². The maximum absolute atomic E-state index is 13.1. The average molecular weight is 243 g/mol. The Morgan fingerprint density at radius 2 is 2.12 bits per heavy atom. The maximum Gasteiger partial charge on any atom is 0.280 e. The average Bonchev–Trinajstić information content (AvgIpc) is 2.74. The molecule has 0 amide bonds. The van der Waals surface area contributed by atoms with Crippen LogP contribution in [0.4, 0.5) is 8.78 Å². The molecule has 1 heterocycles. The van der Waals surface area contributed by atoms with Crippen LogP contribution in [0.5, 0.6) is 0 Å². The Balaban J connectivity index is 2.25. The summed E-state index contributed by atoms with van der Waals surface area (Å²) in [6, 6.07) is 0.165. The minimum absolute atomic E-state index is 0.103. The Kier molecular flexibility index (Phi) is 4.10. The van der Waals surface area contributed by atoms with E-state index in [-0.39, 0.29) is 11.7 Å². The van der Waals surface area contributed by atoms with Gasteiger partial charge in [-0.3, -0.25) is 4.68 Å². The van der Waals surface area contributed by atoms with Crippen LogP contribution in [0.25, 0.3) is 0 Å². The van der Waals surface area contributed by atoms with Crippen LogP contribution in [0.15, 0.2) is 6.20 Å². The Morgan fingerprint density at radius 1 is 1.41 bits per heavy atom. The van der Waals surface area contributed by atoms with Crippen molar-refractivity contribution in [2.75, 3.05) is 7.05 Å². The van der Waals surface area contributed by atoms with Crippen LogP contribution >= 0.6 is 0 Å². The van der Waals surface area contributed by atoms with Crippen LogP contribution in [0.2, 0.25) is 0 Å². The zero-order chi connectivity index (χ0) is 12.3. The number of alkyl halides is 2. The van der Waals surface area contributed by atoms with E-state index in [4.69, 9.17) is 0 Å². The molecule has 1 aromatic rings. The number of halogens is 2. The molecular weight excluding hydrogens is 224 g/mol. The van der Waals surface area contributed by atoms with E-state index < -0.39 is 6.43 Å². The maximum atomic E-state index is 13.1. The molecule has 0 radical (unpaired) electrons. The van der Waals surface area contributed by atoms with Gasteiger partial charge in [0.05, 0.1) is 12.2 Å². The summed E-state index contributed by atoms with van der Waals surface area (Å²) in [5, 5.41) is 7.09. The molecule has 0 aliphatic heterocycles. The lowest BCUT2D eigenvalue weighted by molar-refractivity contribution is 0.131. The van der Waals surface area contributed by atoms with Crippen molar-refractivity contribution in [3.8, 4) is 0 Å². The van der Waals surface area contributed by atoms with Gasteiger partial charge in [-0.1, -0.05) is 19.3 Å². The molecule has 1 fully saturated rings. The van der Waals surface area contributed by atoms with Crippen LogP contribution < -0.4 is 5.32 Å². The van der Waals surface area contributed by atoms with E-state index in [1.165, 1.54) is 6.42 Å². The van der Waals surface area contributed by atoms with Crippen molar-refractivity contribution in [3.05, 3.63) is 17.5 Å². The summed E-state index contributed by atoms with van der Waals surface area (Å²) >= 11 is 0. The Hall–Kier alpha value is -0.970. The number of aromatic nitrogens is 2. The summed E-state index contributed by atoms with van der Waals surface area (Å²) in [5.74, 6) is 0. The molecule has 0 aromatic carbocycles. The molecule has 1 aliphatic rings. The van der Waals surface area contributed by atoms with Crippen LogP contribution in [0, 0.1) is 0 Å². The van der Waals surface area contributed by atoms with E-state index in [0.29, 0.717) is 12.1 Å². The smallest absolute Gasteiger partial charge is 0.280 e. The molecule has 0 saturated heterocycles. The van der Waals surface area contributed by atoms with Crippen molar-refractivity contribution in [1.82, 2.24) is 15.1 Å². The minimum Gasteiger partial charge on any atom is -0.316 e. The largest absolute Gasteiger partial charge is 0.316 e. The molecule has 2 rings (SSSR count). The third kappa shape index (κ3) is 2.65. The first-order valence-corrected chi connectivity index (χ1v) is 6.23. The lowest BCUT2D eigenvalue weighted by Gasteiger charge is -2.24. The predicted molar refractivity (Wildman–Crippen MR) is 62.1 cm³/mol. The molecule has 1 N–H and O–H groups in total.